The van der Waals surface area contributed by atoms with Gasteiger partial charge in [-0.25, -0.2) is 0 Å². The highest BCUT2D eigenvalue weighted by Crippen LogP contribution is 2.22. The van der Waals surface area contributed by atoms with Gasteiger partial charge in [0.25, 0.3) is 11.8 Å². The molecule has 2 aliphatic rings. The molecule has 2 heterocycles. The van der Waals surface area contributed by atoms with Gasteiger partial charge in [-0.1, -0.05) is 12.1 Å². The van der Waals surface area contributed by atoms with E-state index in [1.54, 1.807) is 31.2 Å². The number of esters is 1. The van der Waals surface area contributed by atoms with Crippen molar-refractivity contribution in [3.63, 3.8) is 0 Å². The second-order valence-corrected chi connectivity index (χ2v) is 7.31. The molecule has 0 unspecified atom stereocenters. The number of nitrogens with zero attached hydrogens (tertiary/aromatic N) is 2. The predicted octanol–water partition coefficient (Wildman–Crippen LogP) is 1.35. The minimum Gasteiger partial charge on any atom is -0.466 e. The Labute approximate surface area is 174 Å². The lowest BCUT2D eigenvalue weighted by molar-refractivity contribution is -0.149. The zero-order valence-electron chi connectivity index (χ0n) is 16.2. The van der Waals surface area contributed by atoms with Crippen LogP contribution in [0.2, 0.25) is 0 Å². The molecule has 154 valence electrons. The molecule has 1 N–H and O–H groups in total. The number of ether oxygens (including phenoxy) is 1. The van der Waals surface area contributed by atoms with Crippen LogP contribution in [0.3, 0.4) is 0 Å². The van der Waals surface area contributed by atoms with E-state index in [2.05, 4.69) is 5.32 Å². The van der Waals surface area contributed by atoms with E-state index in [9.17, 15) is 19.2 Å². The summed E-state index contributed by atoms with van der Waals surface area (Å²) in [5, 5.41) is 2.94. The van der Waals surface area contributed by atoms with Gasteiger partial charge in [-0.15, -0.1) is 0 Å². The molecule has 29 heavy (non-hydrogen) atoms. The molecule has 0 aromatic heterocycles. The van der Waals surface area contributed by atoms with E-state index in [-0.39, 0.29) is 42.6 Å². The fraction of sp³-hybridized carbons (Fsp3) is 0.450. The van der Waals surface area contributed by atoms with Crippen molar-refractivity contribution < 1.29 is 23.9 Å². The normalized spacial score (nSPS) is 16.6. The van der Waals surface area contributed by atoms with Crippen molar-refractivity contribution in [2.45, 2.75) is 26.2 Å². The van der Waals surface area contributed by atoms with E-state index in [0.717, 1.165) is 4.90 Å². The topological polar surface area (TPSA) is 96.0 Å². The molecule has 9 heteroatoms. The molecule has 1 aromatic rings. The van der Waals surface area contributed by atoms with Crippen LogP contribution in [0.1, 0.15) is 46.9 Å². The molecule has 0 radical (unpaired) electrons. The molecule has 1 fully saturated rings. The quantitative estimate of drug-likeness (QED) is 0.439. The number of fused-ring (bicyclic) bond motifs is 1. The number of carbonyl (C=O) groups is 4. The van der Waals surface area contributed by atoms with Crippen LogP contribution >= 0.6 is 12.2 Å². The minimum absolute atomic E-state index is 0.00821. The zero-order chi connectivity index (χ0) is 21.0. The van der Waals surface area contributed by atoms with Crippen molar-refractivity contribution >= 4 is 41.0 Å². The van der Waals surface area contributed by atoms with E-state index in [0.29, 0.717) is 48.8 Å². The number of nitrogens with one attached hydrogen (secondary N) is 1. The van der Waals surface area contributed by atoms with Gasteiger partial charge in [-0.2, -0.15) is 0 Å². The first-order valence-electron chi connectivity index (χ1n) is 9.63. The van der Waals surface area contributed by atoms with Crippen molar-refractivity contribution in [1.82, 2.24) is 15.1 Å². The van der Waals surface area contributed by atoms with Crippen LogP contribution in [0, 0.1) is 5.92 Å². The van der Waals surface area contributed by atoms with Gasteiger partial charge in [0.1, 0.15) is 0 Å². The van der Waals surface area contributed by atoms with Gasteiger partial charge in [-0.3, -0.25) is 24.1 Å². The van der Waals surface area contributed by atoms with Crippen LogP contribution in [-0.4, -0.2) is 64.8 Å². The molecular formula is C20H23N3O5S. The Morgan fingerprint density at radius 2 is 1.72 bits per heavy atom. The molecule has 0 atom stereocenters. The standard InChI is InChI=1S/C20H23N3O5S/c1-2-28-19(27)13-7-10-22(11-8-13)20(29)21-16(24)9-12-23-17(25)14-5-3-4-6-15(14)18(23)26/h3-6,13H,2,7-12H2,1H3,(H,21,24,29). The molecule has 2 aliphatic heterocycles. The lowest BCUT2D eigenvalue weighted by Gasteiger charge is -2.32. The summed E-state index contributed by atoms with van der Waals surface area (Å²) < 4.78 is 5.04. The van der Waals surface area contributed by atoms with E-state index in [1.807, 2.05) is 4.90 Å². The first kappa shape index (κ1) is 20.9. The van der Waals surface area contributed by atoms with E-state index >= 15 is 0 Å². The van der Waals surface area contributed by atoms with Crippen LogP contribution in [0.4, 0.5) is 0 Å². The van der Waals surface area contributed by atoms with Crippen LogP contribution in [0.15, 0.2) is 24.3 Å². The van der Waals surface area contributed by atoms with Gasteiger partial charge in [0, 0.05) is 26.1 Å². The molecule has 3 rings (SSSR count). The van der Waals surface area contributed by atoms with Gasteiger partial charge in [-0.05, 0) is 44.1 Å². The van der Waals surface area contributed by atoms with Crippen molar-refractivity contribution in [2.24, 2.45) is 5.92 Å². The Kier molecular flexibility index (Phi) is 6.58. The van der Waals surface area contributed by atoms with Crippen LogP contribution in [0.5, 0.6) is 0 Å². The largest absolute Gasteiger partial charge is 0.466 e. The second-order valence-electron chi connectivity index (χ2n) is 6.92. The molecule has 1 aromatic carbocycles. The summed E-state index contributed by atoms with van der Waals surface area (Å²) in [7, 11) is 0. The van der Waals surface area contributed by atoms with E-state index < -0.39 is 0 Å². The number of amides is 3. The maximum absolute atomic E-state index is 12.3. The Balaban J connectivity index is 1.45. The lowest BCUT2D eigenvalue weighted by Crippen LogP contribution is -2.47. The Morgan fingerprint density at radius 3 is 2.28 bits per heavy atom. The molecule has 0 spiro atoms. The minimum atomic E-state index is -0.387. The summed E-state index contributed by atoms with van der Waals surface area (Å²) >= 11 is 5.29. The Morgan fingerprint density at radius 1 is 1.14 bits per heavy atom. The summed E-state index contributed by atoms with van der Waals surface area (Å²) in [5.41, 5.74) is 0.718. The predicted molar refractivity (Wildman–Crippen MR) is 108 cm³/mol. The summed E-state index contributed by atoms with van der Waals surface area (Å²) in [6, 6.07) is 6.60. The summed E-state index contributed by atoms with van der Waals surface area (Å²) in [6.45, 7) is 3.24. The van der Waals surface area contributed by atoms with Gasteiger partial charge >= 0.3 is 5.97 Å². The SMILES string of the molecule is CCOC(=O)C1CCN(C(=S)NC(=O)CCN2C(=O)c3ccccc3C2=O)CC1. The van der Waals surface area contributed by atoms with Crippen molar-refractivity contribution in [3.8, 4) is 0 Å². The third-order valence-electron chi connectivity index (χ3n) is 5.09. The number of imide groups is 1. The van der Waals surface area contributed by atoms with Gasteiger partial charge in [0.05, 0.1) is 23.7 Å². The summed E-state index contributed by atoms with van der Waals surface area (Å²) in [6.07, 6.45) is 1.19. The molecule has 3 amide bonds. The zero-order valence-corrected chi connectivity index (χ0v) is 17.0. The number of benzene rings is 1. The van der Waals surface area contributed by atoms with E-state index in [1.165, 1.54) is 0 Å². The number of rotatable bonds is 5. The molecule has 8 nitrogen and oxygen atoms in total. The Hall–Kier alpha value is -2.81. The highest BCUT2D eigenvalue weighted by molar-refractivity contribution is 7.80. The Bertz CT molecular complexity index is 813. The third kappa shape index (κ3) is 4.61. The molecule has 1 saturated heterocycles. The fourth-order valence-electron chi connectivity index (χ4n) is 3.49. The highest BCUT2D eigenvalue weighted by atomic mass is 32.1. The number of hydrogen-bond acceptors (Lipinski definition) is 6. The van der Waals surface area contributed by atoms with Gasteiger partial charge in [0.15, 0.2) is 5.11 Å². The van der Waals surface area contributed by atoms with Crippen molar-refractivity contribution in [3.05, 3.63) is 35.4 Å². The average Bonchev–Trinajstić information content (AvgIpc) is 2.97. The first-order valence-corrected chi connectivity index (χ1v) is 10.0. The number of hydrogen-bond donors (Lipinski definition) is 1. The number of piperidine rings is 1. The maximum atomic E-state index is 12.3. The lowest BCUT2D eigenvalue weighted by atomic mass is 9.97. The van der Waals surface area contributed by atoms with Crippen molar-refractivity contribution in [1.29, 1.82) is 0 Å². The monoisotopic (exact) mass is 417 g/mol. The summed E-state index contributed by atoms with van der Waals surface area (Å²) in [5.74, 6) is -1.47. The first-order chi connectivity index (χ1) is 13.9. The smallest absolute Gasteiger partial charge is 0.309 e. The maximum Gasteiger partial charge on any atom is 0.309 e. The second kappa shape index (κ2) is 9.13. The molecule has 0 bridgehead atoms. The molecule has 0 aliphatic carbocycles. The highest BCUT2D eigenvalue weighted by Gasteiger charge is 2.35. The third-order valence-corrected chi connectivity index (χ3v) is 5.45. The number of likely N-dealkylation sites (tertiary alicyclic amines) is 1. The molecular weight excluding hydrogens is 394 g/mol. The van der Waals surface area contributed by atoms with E-state index in [4.69, 9.17) is 17.0 Å². The van der Waals surface area contributed by atoms with Crippen LogP contribution < -0.4 is 5.32 Å². The van der Waals surface area contributed by atoms with Gasteiger partial charge in [0.2, 0.25) is 5.91 Å². The summed E-state index contributed by atoms with van der Waals surface area (Å²) in [4.78, 5) is 51.6. The number of carbonyl (C=O) groups excluding carboxylic acids is 4. The number of thiocarbonyl (C=S) groups is 1. The van der Waals surface area contributed by atoms with Crippen molar-refractivity contribution in [2.75, 3.05) is 26.2 Å². The van der Waals surface area contributed by atoms with Crippen LogP contribution in [0.25, 0.3) is 0 Å². The molecule has 0 saturated carbocycles. The average molecular weight is 417 g/mol. The van der Waals surface area contributed by atoms with Crippen LogP contribution in [-0.2, 0) is 14.3 Å². The van der Waals surface area contributed by atoms with Gasteiger partial charge < -0.3 is 15.0 Å². The fourth-order valence-corrected chi connectivity index (χ4v) is 3.79.